The molecule has 1 aromatic carbocycles. The van der Waals surface area contributed by atoms with Gasteiger partial charge >= 0.3 is 5.97 Å². The highest BCUT2D eigenvalue weighted by Gasteiger charge is 2.18. The van der Waals surface area contributed by atoms with E-state index in [1.165, 1.54) is 0 Å². The van der Waals surface area contributed by atoms with Crippen molar-refractivity contribution in [1.82, 2.24) is 15.0 Å². The molecule has 5 nitrogen and oxygen atoms in total. The van der Waals surface area contributed by atoms with Gasteiger partial charge in [-0.05, 0) is 37.6 Å². The number of halogens is 1. The average molecular weight is 324 g/mol. The SMILES string of the molecule is CCCOC(=O)c1nnn(-c2ccc(Br)cc2)c1C. The fraction of sp³-hybridized carbons (Fsp3) is 0.308. The zero-order chi connectivity index (χ0) is 13.8. The molecule has 0 aliphatic carbocycles. The molecule has 0 radical (unpaired) electrons. The molecular formula is C13H14BrN3O2. The van der Waals surface area contributed by atoms with Gasteiger partial charge in [0.25, 0.3) is 0 Å². The lowest BCUT2D eigenvalue weighted by atomic mass is 10.3. The van der Waals surface area contributed by atoms with Crippen LogP contribution in [-0.2, 0) is 4.74 Å². The Morgan fingerprint density at radius 2 is 2.05 bits per heavy atom. The van der Waals surface area contributed by atoms with Crippen molar-refractivity contribution in [3.63, 3.8) is 0 Å². The van der Waals surface area contributed by atoms with Gasteiger partial charge in [0.15, 0.2) is 5.69 Å². The van der Waals surface area contributed by atoms with E-state index in [2.05, 4.69) is 26.2 Å². The van der Waals surface area contributed by atoms with Crippen molar-refractivity contribution in [3.8, 4) is 5.69 Å². The smallest absolute Gasteiger partial charge is 0.360 e. The van der Waals surface area contributed by atoms with Crippen molar-refractivity contribution in [2.75, 3.05) is 6.61 Å². The molecule has 0 aliphatic rings. The van der Waals surface area contributed by atoms with Gasteiger partial charge in [-0.15, -0.1) is 5.10 Å². The van der Waals surface area contributed by atoms with Gasteiger partial charge in [0, 0.05) is 4.47 Å². The minimum atomic E-state index is -0.428. The molecule has 0 saturated carbocycles. The van der Waals surface area contributed by atoms with Gasteiger partial charge in [-0.25, -0.2) is 9.48 Å². The first-order valence-electron chi connectivity index (χ1n) is 5.99. The quantitative estimate of drug-likeness (QED) is 0.812. The van der Waals surface area contributed by atoms with Crippen molar-refractivity contribution in [3.05, 3.63) is 40.1 Å². The number of esters is 1. The van der Waals surface area contributed by atoms with Gasteiger partial charge in [-0.1, -0.05) is 28.1 Å². The van der Waals surface area contributed by atoms with Crippen LogP contribution in [0.25, 0.3) is 5.69 Å². The van der Waals surface area contributed by atoms with E-state index in [4.69, 9.17) is 4.74 Å². The molecule has 0 N–H and O–H groups in total. The normalized spacial score (nSPS) is 10.5. The lowest BCUT2D eigenvalue weighted by Gasteiger charge is -2.04. The summed E-state index contributed by atoms with van der Waals surface area (Å²) >= 11 is 3.37. The highest BCUT2D eigenvalue weighted by atomic mass is 79.9. The van der Waals surface area contributed by atoms with Gasteiger partial charge in [0.2, 0.25) is 0 Å². The molecule has 19 heavy (non-hydrogen) atoms. The third kappa shape index (κ3) is 3.01. The number of rotatable bonds is 4. The number of ether oxygens (including phenoxy) is 1. The maximum Gasteiger partial charge on any atom is 0.360 e. The number of hydrogen-bond donors (Lipinski definition) is 0. The molecule has 0 saturated heterocycles. The number of carbonyl (C=O) groups excluding carboxylic acids is 1. The molecule has 1 aromatic heterocycles. The molecule has 0 unspecified atom stereocenters. The van der Waals surface area contributed by atoms with Crippen molar-refractivity contribution in [1.29, 1.82) is 0 Å². The summed E-state index contributed by atoms with van der Waals surface area (Å²) in [5, 5.41) is 7.89. The fourth-order valence-corrected chi connectivity index (χ4v) is 1.87. The average Bonchev–Trinajstić information content (AvgIpc) is 2.79. The Morgan fingerprint density at radius 3 is 2.68 bits per heavy atom. The number of aromatic nitrogens is 3. The van der Waals surface area contributed by atoms with Gasteiger partial charge in [-0.2, -0.15) is 0 Å². The number of carbonyl (C=O) groups is 1. The molecular weight excluding hydrogens is 310 g/mol. The van der Waals surface area contributed by atoms with Crippen LogP contribution in [0.3, 0.4) is 0 Å². The third-order valence-electron chi connectivity index (χ3n) is 2.60. The lowest BCUT2D eigenvalue weighted by Crippen LogP contribution is -2.08. The van der Waals surface area contributed by atoms with Crippen LogP contribution in [0.1, 0.15) is 29.5 Å². The second-order valence-corrected chi connectivity index (χ2v) is 4.96. The number of benzene rings is 1. The standard InChI is InChI=1S/C13H14BrN3O2/c1-3-8-19-13(18)12-9(2)17(16-15-12)11-6-4-10(14)5-7-11/h4-7H,3,8H2,1-2H3. The Morgan fingerprint density at radius 1 is 1.37 bits per heavy atom. The molecule has 0 spiro atoms. The summed E-state index contributed by atoms with van der Waals surface area (Å²) < 4.78 is 7.67. The van der Waals surface area contributed by atoms with Crippen LogP contribution >= 0.6 is 15.9 Å². The van der Waals surface area contributed by atoms with Crippen LogP contribution < -0.4 is 0 Å². The fourth-order valence-electron chi connectivity index (χ4n) is 1.61. The van der Waals surface area contributed by atoms with Crippen LogP contribution in [0.2, 0.25) is 0 Å². The summed E-state index contributed by atoms with van der Waals surface area (Å²) in [7, 11) is 0. The van der Waals surface area contributed by atoms with Gasteiger partial charge in [-0.3, -0.25) is 0 Å². The van der Waals surface area contributed by atoms with Crippen molar-refractivity contribution in [2.24, 2.45) is 0 Å². The molecule has 2 rings (SSSR count). The summed E-state index contributed by atoms with van der Waals surface area (Å²) in [5.74, 6) is -0.428. The van der Waals surface area contributed by atoms with Crippen molar-refractivity contribution in [2.45, 2.75) is 20.3 Å². The molecule has 0 fully saturated rings. The largest absolute Gasteiger partial charge is 0.461 e. The van der Waals surface area contributed by atoms with Gasteiger partial charge < -0.3 is 4.74 Å². The van der Waals surface area contributed by atoms with E-state index >= 15 is 0 Å². The van der Waals surface area contributed by atoms with Gasteiger partial charge in [0.1, 0.15) is 0 Å². The molecule has 0 bridgehead atoms. The van der Waals surface area contributed by atoms with E-state index in [-0.39, 0.29) is 5.69 Å². The Kier molecular flexibility index (Phi) is 4.31. The monoisotopic (exact) mass is 323 g/mol. The van der Waals surface area contributed by atoms with E-state index in [0.717, 1.165) is 16.6 Å². The minimum Gasteiger partial charge on any atom is -0.461 e. The molecule has 0 amide bonds. The zero-order valence-corrected chi connectivity index (χ0v) is 12.3. The Labute approximate surface area is 119 Å². The van der Waals surface area contributed by atoms with E-state index < -0.39 is 5.97 Å². The first-order chi connectivity index (χ1) is 9.13. The molecule has 1 heterocycles. The first-order valence-corrected chi connectivity index (χ1v) is 6.78. The van der Waals surface area contributed by atoms with Crippen LogP contribution in [0.4, 0.5) is 0 Å². The van der Waals surface area contributed by atoms with Crippen LogP contribution in [0.15, 0.2) is 28.7 Å². The van der Waals surface area contributed by atoms with Crippen LogP contribution in [0.5, 0.6) is 0 Å². The Balaban J connectivity index is 2.27. The Hall–Kier alpha value is -1.69. The molecule has 0 aliphatic heterocycles. The summed E-state index contributed by atoms with van der Waals surface area (Å²) in [5.41, 5.74) is 1.78. The second-order valence-electron chi connectivity index (χ2n) is 4.05. The summed E-state index contributed by atoms with van der Waals surface area (Å²) in [4.78, 5) is 11.8. The Bertz CT molecular complexity index is 578. The highest BCUT2D eigenvalue weighted by molar-refractivity contribution is 9.10. The molecule has 2 aromatic rings. The predicted molar refractivity (Wildman–Crippen MR) is 74.4 cm³/mol. The maximum absolute atomic E-state index is 11.8. The van der Waals surface area contributed by atoms with E-state index in [9.17, 15) is 4.79 Å². The topological polar surface area (TPSA) is 57.0 Å². The minimum absolute atomic E-state index is 0.261. The summed E-state index contributed by atoms with van der Waals surface area (Å²) in [6.07, 6.45) is 0.783. The van der Waals surface area contributed by atoms with Crippen LogP contribution in [-0.4, -0.2) is 27.6 Å². The summed E-state index contributed by atoms with van der Waals surface area (Å²) in [6.45, 7) is 4.13. The number of hydrogen-bond acceptors (Lipinski definition) is 4. The second kappa shape index (κ2) is 5.97. The van der Waals surface area contributed by atoms with Crippen LogP contribution in [0, 0.1) is 6.92 Å². The predicted octanol–water partition coefficient (Wildman–Crippen LogP) is 2.91. The molecule has 6 heteroatoms. The third-order valence-corrected chi connectivity index (χ3v) is 3.13. The van der Waals surface area contributed by atoms with Crippen molar-refractivity contribution < 1.29 is 9.53 Å². The summed E-state index contributed by atoms with van der Waals surface area (Å²) in [6, 6.07) is 7.61. The lowest BCUT2D eigenvalue weighted by molar-refractivity contribution is 0.0497. The number of nitrogens with zero attached hydrogens (tertiary/aromatic N) is 3. The maximum atomic E-state index is 11.8. The van der Waals surface area contributed by atoms with E-state index in [1.807, 2.05) is 31.2 Å². The highest BCUT2D eigenvalue weighted by Crippen LogP contribution is 2.16. The first kappa shape index (κ1) is 13.7. The molecule has 0 atom stereocenters. The van der Waals surface area contributed by atoms with Gasteiger partial charge in [0.05, 0.1) is 18.0 Å². The zero-order valence-electron chi connectivity index (χ0n) is 10.8. The van der Waals surface area contributed by atoms with Crippen molar-refractivity contribution >= 4 is 21.9 Å². The molecule has 100 valence electrons. The van der Waals surface area contributed by atoms with E-state index in [1.54, 1.807) is 11.6 Å². The van der Waals surface area contributed by atoms with E-state index in [0.29, 0.717) is 12.3 Å².